The van der Waals surface area contributed by atoms with Crippen molar-refractivity contribution in [3.63, 3.8) is 0 Å². The third kappa shape index (κ3) is 7.26. The van der Waals surface area contributed by atoms with E-state index in [0.29, 0.717) is 6.61 Å². The average molecular weight is 398 g/mol. The molecule has 0 aromatic heterocycles. The predicted molar refractivity (Wildman–Crippen MR) is 115 cm³/mol. The summed E-state index contributed by atoms with van der Waals surface area (Å²) in [6, 6.07) is 17.8. The lowest BCUT2D eigenvalue weighted by Crippen LogP contribution is -2.43. The van der Waals surface area contributed by atoms with Gasteiger partial charge in [-0.15, -0.1) is 0 Å². The molecule has 2 rings (SSSR count). The van der Waals surface area contributed by atoms with Crippen molar-refractivity contribution in [1.29, 1.82) is 0 Å². The molecule has 0 saturated carbocycles. The quantitative estimate of drug-likeness (QED) is 0.644. The van der Waals surface area contributed by atoms with E-state index in [4.69, 9.17) is 9.47 Å². The normalized spacial score (nSPS) is 13.3. The van der Waals surface area contributed by atoms with Crippen LogP contribution in [0.2, 0.25) is 0 Å². The van der Waals surface area contributed by atoms with Crippen molar-refractivity contribution in [2.24, 2.45) is 0 Å². The van der Waals surface area contributed by atoms with Crippen LogP contribution in [0.15, 0.2) is 54.6 Å². The van der Waals surface area contributed by atoms with Gasteiger partial charge in [0.05, 0.1) is 13.0 Å². The molecule has 1 N–H and O–H groups in total. The molecule has 0 bridgehead atoms. The summed E-state index contributed by atoms with van der Waals surface area (Å²) in [5.41, 5.74) is 2.67. The van der Waals surface area contributed by atoms with Crippen molar-refractivity contribution >= 4 is 12.1 Å². The molecule has 29 heavy (non-hydrogen) atoms. The highest BCUT2D eigenvalue weighted by atomic mass is 16.6. The largest absolute Gasteiger partial charge is 0.466 e. The second-order valence-electron chi connectivity index (χ2n) is 8.04. The second-order valence-corrected chi connectivity index (χ2v) is 8.04. The Labute approximate surface area is 173 Å². The van der Waals surface area contributed by atoms with Gasteiger partial charge in [0.1, 0.15) is 5.60 Å². The minimum absolute atomic E-state index is 0.0781. The predicted octanol–water partition coefficient (Wildman–Crippen LogP) is 5.30. The molecule has 0 saturated heterocycles. The maximum absolute atomic E-state index is 12.3. The van der Waals surface area contributed by atoms with Crippen LogP contribution in [-0.2, 0) is 14.3 Å². The van der Waals surface area contributed by atoms with Crippen molar-refractivity contribution in [2.75, 3.05) is 6.61 Å². The van der Waals surface area contributed by atoms with E-state index in [9.17, 15) is 9.59 Å². The fourth-order valence-electron chi connectivity index (χ4n) is 3.05. The second kappa shape index (κ2) is 10.1. The Morgan fingerprint density at radius 1 is 0.966 bits per heavy atom. The van der Waals surface area contributed by atoms with E-state index in [0.717, 1.165) is 16.7 Å². The summed E-state index contributed by atoms with van der Waals surface area (Å²) in [4.78, 5) is 24.4. The van der Waals surface area contributed by atoms with E-state index in [1.807, 2.05) is 37.3 Å². The zero-order chi connectivity index (χ0) is 21.4. The van der Waals surface area contributed by atoms with Crippen molar-refractivity contribution in [2.45, 2.75) is 58.6 Å². The van der Waals surface area contributed by atoms with Gasteiger partial charge in [0.2, 0.25) is 0 Å². The molecule has 2 aromatic carbocycles. The summed E-state index contributed by atoms with van der Waals surface area (Å²) in [6.07, 6.45) is -0.464. The molecule has 0 aliphatic rings. The number of carbonyl (C=O) groups excluding carboxylic acids is 2. The Balaban J connectivity index is 2.17. The van der Waals surface area contributed by atoms with E-state index in [-0.39, 0.29) is 18.3 Å². The van der Waals surface area contributed by atoms with Crippen molar-refractivity contribution in [3.8, 4) is 11.1 Å². The van der Waals surface area contributed by atoms with Crippen molar-refractivity contribution in [3.05, 3.63) is 60.2 Å². The van der Waals surface area contributed by atoms with E-state index in [1.165, 1.54) is 0 Å². The van der Waals surface area contributed by atoms with Crippen LogP contribution >= 0.6 is 0 Å². The molecular weight excluding hydrogens is 366 g/mol. The van der Waals surface area contributed by atoms with E-state index < -0.39 is 17.7 Å². The van der Waals surface area contributed by atoms with Gasteiger partial charge in [0, 0.05) is 12.0 Å². The molecule has 156 valence electrons. The number of ether oxygens (including phenoxy) is 2. The van der Waals surface area contributed by atoms with Gasteiger partial charge in [-0.25, -0.2) is 4.79 Å². The first-order valence-electron chi connectivity index (χ1n) is 10.00. The molecule has 0 radical (unpaired) electrons. The summed E-state index contributed by atoms with van der Waals surface area (Å²) < 4.78 is 10.5. The van der Waals surface area contributed by atoms with E-state index in [1.54, 1.807) is 27.7 Å². The number of hydrogen-bond donors (Lipinski definition) is 1. The van der Waals surface area contributed by atoms with Gasteiger partial charge < -0.3 is 14.8 Å². The minimum Gasteiger partial charge on any atom is -0.466 e. The van der Waals surface area contributed by atoms with Crippen LogP contribution in [0, 0.1) is 0 Å². The highest BCUT2D eigenvalue weighted by Gasteiger charge is 2.27. The molecule has 2 unspecified atom stereocenters. The number of benzene rings is 2. The number of esters is 1. The first-order valence-corrected chi connectivity index (χ1v) is 10.00. The number of alkyl carbamates (subject to hydrolysis) is 1. The lowest BCUT2D eigenvalue weighted by molar-refractivity contribution is -0.143. The van der Waals surface area contributed by atoms with Crippen LogP contribution in [-0.4, -0.2) is 30.3 Å². The first-order chi connectivity index (χ1) is 13.7. The molecule has 1 amide bonds. The lowest BCUT2D eigenvalue weighted by atomic mass is 9.90. The summed E-state index contributed by atoms with van der Waals surface area (Å²) in [5, 5.41) is 2.85. The third-order valence-corrected chi connectivity index (χ3v) is 4.54. The van der Waals surface area contributed by atoms with Crippen molar-refractivity contribution < 1.29 is 19.1 Å². The summed E-state index contributed by atoms with van der Waals surface area (Å²) >= 11 is 0. The Kier molecular flexibility index (Phi) is 7.82. The average Bonchev–Trinajstić information content (AvgIpc) is 2.66. The van der Waals surface area contributed by atoms with Gasteiger partial charge >= 0.3 is 12.1 Å². The maximum atomic E-state index is 12.3. The number of nitrogens with one attached hydrogen (secondary N) is 1. The molecule has 5 heteroatoms. The zero-order valence-corrected chi connectivity index (χ0v) is 17.9. The Morgan fingerprint density at radius 3 is 2.10 bits per heavy atom. The van der Waals surface area contributed by atoms with Crippen LogP contribution in [0.25, 0.3) is 11.1 Å². The molecule has 0 fully saturated rings. The summed E-state index contributed by atoms with van der Waals surface area (Å²) in [5.74, 6) is -0.446. The highest BCUT2D eigenvalue weighted by Crippen LogP contribution is 2.26. The van der Waals surface area contributed by atoms with Crippen molar-refractivity contribution in [1.82, 2.24) is 5.32 Å². The number of hydrogen-bond acceptors (Lipinski definition) is 4. The number of carbonyl (C=O) groups is 2. The smallest absolute Gasteiger partial charge is 0.407 e. The molecule has 0 aliphatic carbocycles. The van der Waals surface area contributed by atoms with Gasteiger partial charge in [-0.05, 0) is 44.4 Å². The van der Waals surface area contributed by atoms with E-state index >= 15 is 0 Å². The summed E-state index contributed by atoms with van der Waals surface area (Å²) in [6.45, 7) is 9.47. The standard InChI is InChI=1S/C24H31NO4/c1-6-28-22(26)16-21(25-23(27)29-24(3,4)5)17(2)18-12-14-20(15-13-18)19-10-8-7-9-11-19/h7-15,17,21H,6,16H2,1-5H3,(H,25,27). The number of rotatable bonds is 7. The van der Waals surface area contributed by atoms with Gasteiger partial charge in [-0.1, -0.05) is 61.5 Å². The molecular formula is C24H31NO4. The first kappa shape index (κ1) is 22.5. The highest BCUT2D eigenvalue weighted by molar-refractivity contribution is 5.73. The SMILES string of the molecule is CCOC(=O)CC(NC(=O)OC(C)(C)C)C(C)c1ccc(-c2ccccc2)cc1. The van der Waals surface area contributed by atoms with Gasteiger partial charge in [0.15, 0.2) is 0 Å². The topological polar surface area (TPSA) is 64.6 Å². The molecule has 0 spiro atoms. The van der Waals surface area contributed by atoms with E-state index in [2.05, 4.69) is 29.6 Å². The van der Waals surface area contributed by atoms with Crippen LogP contribution < -0.4 is 5.32 Å². The monoisotopic (exact) mass is 397 g/mol. The molecule has 0 heterocycles. The van der Waals surface area contributed by atoms with Crippen LogP contribution in [0.1, 0.15) is 52.5 Å². The van der Waals surface area contributed by atoms with Gasteiger partial charge in [0.25, 0.3) is 0 Å². The van der Waals surface area contributed by atoms with Gasteiger partial charge in [-0.3, -0.25) is 4.79 Å². The third-order valence-electron chi connectivity index (χ3n) is 4.54. The minimum atomic E-state index is -0.612. The fourth-order valence-corrected chi connectivity index (χ4v) is 3.05. The van der Waals surface area contributed by atoms with Crippen LogP contribution in [0.5, 0.6) is 0 Å². The Bertz CT molecular complexity index is 794. The maximum Gasteiger partial charge on any atom is 0.407 e. The van der Waals surface area contributed by atoms with Crippen LogP contribution in [0.4, 0.5) is 4.79 Å². The van der Waals surface area contributed by atoms with Crippen LogP contribution in [0.3, 0.4) is 0 Å². The lowest BCUT2D eigenvalue weighted by Gasteiger charge is -2.27. The number of amides is 1. The summed E-state index contributed by atoms with van der Waals surface area (Å²) in [7, 11) is 0. The zero-order valence-electron chi connectivity index (χ0n) is 17.9. The fraction of sp³-hybridized carbons (Fsp3) is 0.417. The molecule has 0 aliphatic heterocycles. The Hall–Kier alpha value is -2.82. The molecule has 5 nitrogen and oxygen atoms in total. The Morgan fingerprint density at radius 2 is 1.55 bits per heavy atom. The van der Waals surface area contributed by atoms with Gasteiger partial charge in [-0.2, -0.15) is 0 Å². The molecule has 2 atom stereocenters. The molecule has 2 aromatic rings.